The molecule has 5 heteroatoms. The summed E-state index contributed by atoms with van der Waals surface area (Å²) in [4.78, 5) is 25.9. The van der Waals surface area contributed by atoms with E-state index in [1.54, 1.807) is 11.8 Å². The van der Waals surface area contributed by atoms with E-state index in [-0.39, 0.29) is 11.2 Å². The van der Waals surface area contributed by atoms with E-state index >= 15 is 0 Å². The molecule has 0 radical (unpaired) electrons. The average Bonchev–Trinajstić information content (AvgIpc) is 2.85. The van der Waals surface area contributed by atoms with Crippen molar-refractivity contribution in [3.05, 3.63) is 30.3 Å². The van der Waals surface area contributed by atoms with E-state index in [1.807, 2.05) is 30.3 Å². The third kappa shape index (κ3) is 3.76. The number of carbonyl (C=O) groups excluding carboxylic acids is 2. The van der Waals surface area contributed by atoms with Crippen LogP contribution >= 0.6 is 11.8 Å². The van der Waals surface area contributed by atoms with Crippen LogP contribution in [-0.2, 0) is 9.53 Å². The lowest BCUT2D eigenvalue weighted by Gasteiger charge is -2.21. The summed E-state index contributed by atoms with van der Waals surface area (Å²) in [6.07, 6.45) is -0.158. The molecule has 1 aromatic carbocycles. The van der Waals surface area contributed by atoms with Gasteiger partial charge in [-0.25, -0.2) is 9.69 Å². The van der Waals surface area contributed by atoms with Gasteiger partial charge in [0.15, 0.2) is 0 Å². The van der Waals surface area contributed by atoms with Crippen LogP contribution in [-0.4, -0.2) is 35.3 Å². The Kier molecular flexibility index (Phi) is 5.06. The second-order valence-electron chi connectivity index (χ2n) is 5.08. The van der Waals surface area contributed by atoms with Gasteiger partial charge in [-0.2, -0.15) is 0 Å². The summed E-state index contributed by atoms with van der Waals surface area (Å²) < 4.78 is 4.81. The van der Waals surface area contributed by atoms with Gasteiger partial charge in [0.2, 0.25) is 5.91 Å². The smallest absolute Gasteiger partial charge is 0.416 e. The van der Waals surface area contributed by atoms with E-state index in [9.17, 15) is 9.59 Å². The second-order valence-corrected chi connectivity index (χ2v) is 6.39. The number of carbonyl (C=O) groups is 2. The molecule has 0 unspecified atom stereocenters. The number of hydrogen-bond acceptors (Lipinski definition) is 4. The first-order chi connectivity index (χ1) is 9.58. The van der Waals surface area contributed by atoms with Gasteiger partial charge in [-0.1, -0.05) is 32.0 Å². The van der Waals surface area contributed by atoms with Crippen molar-refractivity contribution in [2.24, 2.45) is 5.92 Å². The lowest BCUT2D eigenvalue weighted by molar-refractivity contribution is -0.127. The van der Waals surface area contributed by atoms with Crippen molar-refractivity contribution >= 4 is 23.8 Å². The third-order valence-electron chi connectivity index (χ3n) is 3.21. The molecular formula is C15H19NO3S. The number of benzene rings is 1. The van der Waals surface area contributed by atoms with E-state index in [4.69, 9.17) is 4.74 Å². The zero-order chi connectivity index (χ0) is 14.5. The normalized spacial score (nSPS) is 16.4. The number of rotatable bonds is 5. The molecule has 1 heterocycles. The lowest BCUT2D eigenvalue weighted by atomic mass is 10.1. The predicted octanol–water partition coefficient (Wildman–Crippen LogP) is 3.17. The zero-order valence-electron chi connectivity index (χ0n) is 11.7. The Morgan fingerprint density at radius 3 is 2.60 bits per heavy atom. The molecule has 0 bridgehead atoms. The van der Waals surface area contributed by atoms with Crippen molar-refractivity contribution < 1.29 is 14.3 Å². The van der Waals surface area contributed by atoms with E-state index < -0.39 is 6.09 Å². The first-order valence-corrected chi connectivity index (χ1v) is 7.64. The van der Waals surface area contributed by atoms with Crippen LogP contribution in [0.4, 0.5) is 4.79 Å². The predicted molar refractivity (Wildman–Crippen MR) is 78.6 cm³/mol. The van der Waals surface area contributed by atoms with Crippen LogP contribution < -0.4 is 0 Å². The van der Waals surface area contributed by atoms with Gasteiger partial charge in [-0.3, -0.25) is 4.79 Å². The summed E-state index contributed by atoms with van der Waals surface area (Å²) in [7, 11) is 0. The molecular weight excluding hydrogens is 274 g/mol. The third-order valence-corrected chi connectivity index (χ3v) is 4.77. The fraction of sp³-hybridized carbons (Fsp3) is 0.467. The van der Waals surface area contributed by atoms with Crippen molar-refractivity contribution in [2.75, 3.05) is 13.2 Å². The quantitative estimate of drug-likeness (QED) is 0.782. The molecule has 1 aromatic rings. The number of imide groups is 1. The van der Waals surface area contributed by atoms with Crippen LogP contribution in [0.3, 0.4) is 0 Å². The van der Waals surface area contributed by atoms with E-state index in [0.29, 0.717) is 25.5 Å². The number of amides is 2. The number of thioether (sulfide) groups is 1. The molecule has 0 aliphatic carbocycles. The summed E-state index contributed by atoms with van der Waals surface area (Å²) >= 11 is 1.69. The Labute approximate surface area is 123 Å². The molecule has 1 aliphatic heterocycles. The van der Waals surface area contributed by atoms with Crippen LogP contribution in [0.25, 0.3) is 0 Å². The fourth-order valence-electron chi connectivity index (χ4n) is 1.99. The number of hydrogen-bond donors (Lipinski definition) is 0. The number of nitrogens with zero attached hydrogens (tertiary/aromatic N) is 1. The largest absolute Gasteiger partial charge is 0.447 e. The summed E-state index contributed by atoms with van der Waals surface area (Å²) in [5.74, 6) is 0.206. The van der Waals surface area contributed by atoms with Gasteiger partial charge in [0.1, 0.15) is 6.61 Å². The molecule has 20 heavy (non-hydrogen) atoms. The highest BCUT2D eigenvalue weighted by atomic mass is 32.2. The maximum atomic E-state index is 12.2. The van der Waals surface area contributed by atoms with Crippen molar-refractivity contribution in [1.82, 2.24) is 4.90 Å². The minimum absolute atomic E-state index is 0.144. The lowest BCUT2D eigenvalue weighted by Crippen LogP contribution is -2.34. The molecule has 4 nitrogen and oxygen atoms in total. The molecule has 1 saturated heterocycles. The Balaban J connectivity index is 1.99. The second kappa shape index (κ2) is 6.79. The SMILES string of the molecule is CC(C)[C@@H](CC(=O)N1CCOC1=O)Sc1ccccc1. The van der Waals surface area contributed by atoms with Crippen LogP contribution in [0.1, 0.15) is 20.3 Å². The minimum atomic E-state index is -0.512. The van der Waals surface area contributed by atoms with Gasteiger partial charge in [0, 0.05) is 16.6 Å². The van der Waals surface area contributed by atoms with Gasteiger partial charge in [-0.15, -0.1) is 11.8 Å². The number of ether oxygens (including phenoxy) is 1. The van der Waals surface area contributed by atoms with Gasteiger partial charge in [0.25, 0.3) is 0 Å². The first kappa shape index (κ1) is 14.9. The van der Waals surface area contributed by atoms with Gasteiger partial charge in [0.05, 0.1) is 6.54 Å². The van der Waals surface area contributed by atoms with Crippen molar-refractivity contribution in [3.8, 4) is 0 Å². The Hall–Kier alpha value is -1.49. The molecule has 2 rings (SSSR count). The molecule has 0 aromatic heterocycles. The highest BCUT2D eigenvalue weighted by Crippen LogP contribution is 2.30. The summed E-state index contributed by atoms with van der Waals surface area (Å²) in [6, 6.07) is 10.0. The minimum Gasteiger partial charge on any atom is -0.447 e. The van der Waals surface area contributed by atoms with Crippen molar-refractivity contribution in [1.29, 1.82) is 0 Å². The Bertz CT molecular complexity index is 475. The Morgan fingerprint density at radius 1 is 1.35 bits per heavy atom. The van der Waals surface area contributed by atoms with Crippen molar-refractivity contribution in [2.45, 2.75) is 30.4 Å². The maximum absolute atomic E-state index is 12.2. The molecule has 1 aliphatic rings. The van der Waals surface area contributed by atoms with E-state index in [2.05, 4.69) is 13.8 Å². The monoisotopic (exact) mass is 293 g/mol. The molecule has 2 amide bonds. The van der Waals surface area contributed by atoms with Gasteiger partial charge < -0.3 is 4.74 Å². The van der Waals surface area contributed by atoms with Crippen LogP contribution in [0, 0.1) is 5.92 Å². The molecule has 0 spiro atoms. The zero-order valence-corrected chi connectivity index (χ0v) is 12.6. The number of cyclic esters (lactones) is 1. The van der Waals surface area contributed by atoms with Crippen molar-refractivity contribution in [3.63, 3.8) is 0 Å². The highest BCUT2D eigenvalue weighted by molar-refractivity contribution is 8.00. The summed E-state index contributed by atoms with van der Waals surface area (Å²) in [5.41, 5.74) is 0. The van der Waals surface area contributed by atoms with Crippen LogP contribution in [0.5, 0.6) is 0 Å². The molecule has 1 fully saturated rings. The van der Waals surface area contributed by atoms with E-state index in [0.717, 1.165) is 4.90 Å². The standard InChI is InChI=1S/C15H19NO3S/c1-11(2)13(20-12-6-4-3-5-7-12)10-14(17)16-8-9-19-15(16)18/h3-7,11,13H,8-10H2,1-2H3/t13-/m1/s1. The van der Waals surface area contributed by atoms with Gasteiger partial charge in [-0.05, 0) is 18.1 Å². The van der Waals surface area contributed by atoms with E-state index in [1.165, 1.54) is 4.90 Å². The molecule has 0 N–H and O–H groups in total. The highest BCUT2D eigenvalue weighted by Gasteiger charge is 2.30. The van der Waals surface area contributed by atoms with Crippen LogP contribution in [0.15, 0.2) is 35.2 Å². The summed E-state index contributed by atoms with van der Waals surface area (Å²) in [6.45, 7) is 4.87. The first-order valence-electron chi connectivity index (χ1n) is 6.76. The Morgan fingerprint density at radius 2 is 2.05 bits per heavy atom. The average molecular weight is 293 g/mol. The topological polar surface area (TPSA) is 46.6 Å². The molecule has 1 atom stereocenters. The molecule has 108 valence electrons. The maximum Gasteiger partial charge on any atom is 0.416 e. The summed E-state index contributed by atoms with van der Waals surface area (Å²) in [5, 5.41) is 0.151. The fourth-order valence-corrected chi connectivity index (χ4v) is 3.15. The van der Waals surface area contributed by atoms with Crippen LogP contribution in [0.2, 0.25) is 0 Å². The molecule has 0 saturated carbocycles. The van der Waals surface area contributed by atoms with Gasteiger partial charge >= 0.3 is 6.09 Å².